The summed E-state index contributed by atoms with van der Waals surface area (Å²) in [6, 6.07) is 9.03. The Kier molecular flexibility index (Phi) is 6.04. The molecule has 2 aromatic carbocycles. The Morgan fingerprint density at radius 1 is 1.20 bits per heavy atom. The lowest BCUT2D eigenvalue weighted by molar-refractivity contribution is -0.142. The predicted octanol–water partition coefficient (Wildman–Crippen LogP) is 3.98. The quantitative estimate of drug-likeness (QED) is 0.644. The van der Waals surface area contributed by atoms with E-state index in [1.54, 1.807) is 32.9 Å². The number of nitrogens with zero attached hydrogens (tertiary/aromatic N) is 1. The van der Waals surface area contributed by atoms with Gasteiger partial charge in [-0.05, 0) is 50.6 Å². The van der Waals surface area contributed by atoms with Crippen LogP contribution in [0.4, 0.5) is 11.4 Å². The lowest BCUT2D eigenvalue weighted by Gasteiger charge is -2.19. The average molecular weight is 471 g/mol. The van der Waals surface area contributed by atoms with Crippen LogP contribution < -0.4 is 9.62 Å². The number of fused-ring (bicyclic) bond motifs is 1. The van der Waals surface area contributed by atoms with Crippen molar-refractivity contribution in [1.29, 1.82) is 0 Å². The highest BCUT2D eigenvalue weighted by Crippen LogP contribution is 2.43. The summed E-state index contributed by atoms with van der Waals surface area (Å²) in [7, 11) is -4.04. The Bertz CT molecular complexity index is 1130. The first-order chi connectivity index (χ1) is 14.0. The first-order valence-corrected chi connectivity index (χ1v) is 11.3. The Balaban J connectivity index is 1.98. The molecule has 0 atom stereocenters. The number of hydrogen-bond acceptors (Lipinski definition) is 5. The van der Waals surface area contributed by atoms with E-state index in [2.05, 4.69) is 4.72 Å². The smallest absolute Gasteiger partial charge is 0.326 e. The number of ether oxygens (including phenoxy) is 1. The van der Waals surface area contributed by atoms with Gasteiger partial charge < -0.3 is 9.64 Å². The molecule has 0 saturated heterocycles. The minimum atomic E-state index is -4.04. The van der Waals surface area contributed by atoms with E-state index < -0.39 is 21.4 Å². The van der Waals surface area contributed by atoms with E-state index in [9.17, 15) is 18.0 Å². The van der Waals surface area contributed by atoms with Crippen LogP contribution in [0, 0.1) is 0 Å². The van der Waals surface area contributed by atoms with Gasteiger partial charge in [-0.15, -0.1) is 0 Å². The number of halogens is 2. The number of sulfonamides is 1. The summed E-state index contributed by atoms with van der Waals surface area (Å²) in [6.45, 7) is 5.09. The molecule has 1 heterocycles. The van der Waals surface area contributed by atoms with Gasteiger partial charge in [-0.3, -0.25) is 14.3 Å². The van der Waals surface area contributed by atoms with Crippen molar-refractivity contribution >= 4 is 56.5 Å². The molecule has 10 heteroatoms. The fraction of sp³-hybridized carbons (Fsp3) is 0.300. The van der Waals surface area contributed by atoms with Gasteiger partial charge in [-0.25, -0.2) is 8.42 Å². The molecule has 1 N–H and O–H groups in total. The molecule has 1 aliphatic rings. The lowest BCUT2D eigenvalue weighted by atomic mass is 9.86. The summed E-state index contributed by atoms with van der Waals surface area (Å²) >= 11 is 12.0. The second kappa shape index (κ2) is 8.09. The van der Waals surface area contributed by atoms with Gasteiger partial charge >= 0.3 is 5.97 Å². The van der Waals surface area contributed by atoms with Gasteiger partial charge in [0.05, 0.1) is 33.4 Å². The average Bonchev–Trinajstić information content (AvgIpc) is 2.84. The number of amides is 1. The van der Waals surface area contributed by atoms with Crippen LogP contribution in [0.25, 0.3) is 0 Å². The van der Waals surface area contributed by atoms with E-state index in [0.717, 1.165) is 0 Å². The summed E-state index contributed by atoms with van der Waals surface area (Å²) in [6.07, 6.45) is 0. The highest BCUT2D eigenvalue weighted by molar-refractivity contribution is 7.92. The van der Waals surface area contributed by atoms with Crippen molar-refractivity contribution < 1.29 is 22.7 Å². The third-order valence-corrected chi connectivity index (χ3v) is 7.15. The maximum absolute atomic E-state index is 12.9. The summed E-state index contributed by atoms with van der Waals surface area (Å²) in [5.74, 6) is -0.824. The Hall–Kier alpha value is -2.29. The molecule has 0 aromatic heterocycles. The first kappa shape index (κ1) is 22.4. The zero-order valence-electron chi connectivity index (χ0n) is 16.5. The first-order valence-electron chi connectivity index (χ1n) is 9.08. The van der Waals surface area contributed by atoms with Crippen LogP contribution >= 0.6 is 23.2 Å². The van der Waals surface area contributed by atoms with Gasteiger partial charge in [0, 0.05) is 0 Å². The molecule has 1 aliphatic heterocycles. The number of benzene rings is 2. The lowest BCUT2D eigenvalue weighted by Crippen LogP contribution is -2.39. The van der Waals surface area contributed by atoms with Gasteiger partial charge in [-0.1, -0.05) is 35.3 Å². The number of esters is 1. The van der Waals surface area contributed by atoms with Crippen LogP contribution in [-0.4, -0.2) is 33.4 Å². The number of nitrogens with one attached hydrogen (secondary N) is 1. The van der Waals surface area contributed by atoms with E-state index in [4.69, 9.17) is 27.9 Å². The van der Waals surface area contributed by atoms with Gasteiger partial charge in [0.2, 0.25) is 5.91 Å². The second-order valence-electron chi connectivity index (χ2n) is 7.21. The highest BCUT2D eigenvalue weighted by Gasteiger charge is 2.44. The maximum atomic E-state index is 12.9. The molecule has 0 unspecified atom stereocenters. The number of carbonyl (C=O) groups excluding carboxylic acids is 2. The molecule has 30 heavy (non-hydrogen) atoms. The molecule has 2 aromatic rings. The Morgan fingerprint density at radius 2 is 1.90 bits per heavy atom. The maximum Gasteiger partial charge on any atom is 0.326 e. The van der Waals surface area contributed by atoms with Crippen molar-refractivity contribution in [3.8, 4) is 0 Å². The molecular weight excluding hydrogens is 451 g/mol. The number of carbonyl (C=O) groups is 2. The topological polar surface area (TPSA) is 92.8 Å². The van der Waals surface area contributed by atoms with Crippen LogP contribution in [0.15, 0.2) is 41.3 Å². The highest BCUT2D eigenvalue weighted by atomic mass is 35.5. The number of anilines is 2. The Labute approximate surface area is 185 Å². The number of hydrogen-bond donors (Lipinski definition) is 1. The molecule has 0 radical (unpaired) electrons. The van der Waals surface area contributed by atoms with Gasteiger partial charge in [-0.2, -0.15) is 0 Å². The summed E-state index contributed by atoms with van der Waals surface area (Å²) in [5, 5.41) is 0.0227. The molecule has 0 bridgehead atoms. The summed E-state index contributed by atoms with van der Waals surface area (Å²) in [4.78, 5) is 26.0. The van der Waals surface area contributed by atoms with Crippen LogP contribution in [-0.2, 0) is 29.8 Å². The molecule has 0 fully saturated rings. The zero-order valence-corrected chi connectivity index (χ0v) is 18.9. The molecule has 7 nitrogen and oxygen atoms in total. The van der Waals surface area contributed by atoms with Crippen molar-refractivity contribution in [2.45, 2.75) is 31.1 Å². The van der Waals surface area contributed by atoms with Crippen LogP contribution in [0.2, 0.25) is 10.0 Å². The van der Waals surface area contributed by atoms with E-state index >= 15 is 0 Å². The molecule has 3 rings (SSSR count). The Morgan fingerprint density at radius 3 is 2.57 bits per heavy atom. The third-order valence-electron chi connectivity index (χ3n) is 4.79. The molecule has 1 amide bonds. The fourth-order valence-corrected chi connectivity index (χ4v) is 5.12. The van der Waals surface area contributed by atoms with Crippen molar-refractivity contribution in [3.05, 3.63) is 52.0 Å². The summed E-state index contributed by atoms with van der Waals surface area (Å²) < 4.78 is 33.0. The SMILES string of the molecule is CCOC(=O)CN1C(=O)C(C)(C)c2ccc(NS(=O)(=O)c3cccc(Cl)c3Cl)cc21. The van der Waals surface area contributed by atoms with Crippen LogP contribution in [0.5, 0.6) is 0 Å². The van der Waals surface area contributed by atoms with E-state index in [0.29, 0.717) is 11.3 Å². The minimum Gasteiger partial charge on any atom is -0.465 e. The van der Waals surface area contributed by atoms with E-state index in [-0.39, 0.29) is 39.7 Å². The van der Waals surface area contributed by atoms with Gasteiger partial charge in [0.25, 0.3) is 10.0 Å². The fourth-order valence-electron chi connectivity index (χ4n) is 3.30. The van der Waals surface area contributed by atoms with Gasteiger partial charge in [0.15, 0.2) is 0 Å². The third kappa shape index (κ3) is 3.99. The number of rotatable bonds is 6. The van der Waals surface area contributed by atoms with Crippen molar-refractivity contribution in [2.24, 2.45) is 0 Å². The summed E-state index contributed by atoms with van der Waals surface area (Å²) in [5.41, 5.74) is 0.468. The monoisotopic (exact) mass is 470 g/mol. The molecular formula is C20H20Cl2N2O5S. The minimum absolute atomic E-state index is 0.0897. The van der Waals surface area contributed by atoms with E-state index in [1.807, 2.05) is 0 Å². The van der Waals surface area contributed by atoms with Crippen LogP contribution in [0.3, 0.4) is 0 Å². The predicted molar refractivity (Wildman–Crippen MR) is 116 cm³/mol. The second-order valence-corrected chi connectivity index (χ2v) is 9.65. The molecule has 160 valence electrons. The normalized spacial score (nSPS) is 15.1. The zero-order chi connectivity index (χ0) is 22.3. The molecule has 0 spiro atoms. The van der Waals surface area contributed by atoms with Crippen molar-refractivity contribution in [2.75, 3.05) is 22.8 Å². The van der Waals surface area contributed by atoms with Crippen molar-refractivity contribution in [1.82, 2.24) is 0 Å². The molecule has 0 saturated carbocycles. The molecule has 0 aliphatic carbocycles. The van der Waals surface area contributed by atoms with E-state index in [1.165, 1.54) is 29.2 Å². The van der Waals surface area contributed by atoms with Crippen molar-refractivity contribution in [3.63, 3.8) is 0 Å². The standard InChI is InChI=1S/C20H20Cl2N2O5S/c1-4-29-17(25)11-24-15-10-12(8-9-13(15)20(2,3)19(24)26)23-30(27,28)16-7-5-6-14(21)18(16)22/h5-10,23H,4,11H2,1-3H3. The van der Waals surface area contributed by atoms with Gasteiger partial charge in [0.1, 0.15) is 11.4 Å². The largest absolute Gasteiger partial charge is 0.465 e. The van der Waals surface area contributed by atoms with Crippen LogP contribution in [0.1, 0.15) is 26.3 Å².